The molecule has 3 aromatic heterocycles. The Hall–Kier alpha value is -3.16. The molecule has 0 radical (unpaired) electrons. The minimum atomic E-state index is 0.0265. The molecular weight excluding hydrogens is 368 g/mol. The third-order valence-electron chi connectivity index (χ3n) is 5.28. The molecule has 4 rings (SSSR count). The fourth-order valence-electron chi connectivity index (χ4n) is 3.57. The summed E-state index contributed by atoms with van der Waals surface area (Å²) < 4.78 is 5.83. The molecular formula is C21H26N6O2. The van der Waals surface area contributed by atoms with Crippen molar-refractivity contribution in [2.45, 2.75) is 26.7 Å². The first-order valence-corrected chi connectivity index (χ1v) is 10.0. The highest BCUT2D eigenvalue weighted by Gasteiger charge is 2.27. The second kappa shape index (κ2) is 8.46. The zero-order chi connectivity index (χ0) is 20.2. The van der Waals surface area contributed by atoms with Crippen molar-refractivity contribution in [1.82, 2.24) is 20.3 Å². The lowest BCUT2D eigenvalue weighted by molar-refractivity contribution is -0.125. The van der Waals surface area contributed by atoms with Crippen LogP contribution in [-0.4, -0.2) is 47.0 Å². The van der Waals surface area contributed by atoms with Crippen LogP contribution in [0.2, 0.25) is 0 Å². The smallest absolute Gasteiger partial charge is 0.299 e. The van der Waals surface area contributed by atoms with Crippen LogP contribution < -0.4 is 15.5 Å². The summed E-state index contributed by atoms with van der Waals surface area (Å²) in [5.41, 5.74) is 4.39. The summed E-state index contributed by atoms with van der Waals surface area (Å²) >= 11 is 0. The molecule has 1 saturated heterocycles. The van der Waals surface area contributed by atoms with Crippen molar-refractivity contribution in [1.29, 1.82) is 0 Å². The quantitative estimate of drug-likeness (QED) is 0.621. The zero-order valence-corrected chi connectivity index (χ0v) is 16.8. The van der Waals surface area contributed by atoms with Gasteiger partial charge < -0.3 is 20.0 Å². The molecule has 0 saturated carbocycles. The van der Waals surface area contributed by atoms with Crippen molar-refractivity contribution in [2.75, 3.05) is 36.4 Å². The number of rotatable bonds is 6. The molecule has 1 amide bonds. The van der Waals surface area contributed by atoms with E-state index in [-0.39, 0.29) is 11.8 Å². The average Bonchev–Trinajstić information content (AvgIpc) is 3.15. The van der Waals surface area contributed by atoms with Crippen LogP contribution in [0.5, 0.6) is 0 Å². The van der Waals surface area contributed by atoms with Crippen LogP contribution in [0.1, 0.15) is 24.1 Å². The third-order valence-corrected chi connectivity index (χ3v) is 5.28. The summed E-state index contributed by atoms with van der Waals surface area (Å²) in [6, 6.07) is 6.35. The van der Waals surface area contributed by atoms with Gasteiger partial charge in [0.25, 0.3) is 6.01 Å². The van der Waals surface area contributed by atoms with Gasteiger partial charge in [-0.15, -0.1) is 0 Å². The van der Waals surface area contributed by atoms with E-state index < -0.39 is 0 Å². The number of nitrogens with one attached hydrogen (secondary N) is 2. The minimum absolute atomic E-state index is 0.0265. The Morgan fingerprint density at radius 3 is 2.79 bits per heavy atom. The molecule has 1 aliphatic rings. The number of carbonyl (C=O) groups is 1. The average molecular weight is 394 g/mol. The molecule has 8 heteroatoms. The highest BCUT2D eigenvalue weighted by molar-refractivity contribution is 5.79. The Morgan fingerprint density at radius 2 is 2.00 bits per heavy atom. The molecule has 3 aromatic rings. The Morgan fingerprint density at radius 1 is 1.17 bits per heavy atom. The van der Waals surface area contributed by atoms with Gasteiger partial charge in [0, 0.05) is 55.9 Å². The summed E-state index contributed by atoms with van der Waals surface area (Å²) in [4.78, 5) is 27.5. The lowest BCUT2D eigenvalue weighted by Crippen LogP contribution is -2.41. The fourth-order valence-corrected chi connectivity index (χ4v) is 3.57. The first-order chi connectivity index (χ1) is 14.1. The number of hydrogen-bond acceptors (Lipinski definition) is 7. The number of oxazole rings is 1. The van der Waals surface area contributed by atoms with E-state index in [1.54, 1.807) is 6.20 Å². The van der Waals surface area contributed by atoms with Crippen molar-refractivity contribution < 1.29 is 9.21 Å². The SMILES string of the molecule is Cc1ccc2oc(N3CCC(C(=O)NCCNc4ccncc4C)CC3)nc2n1. The van der Waals surface area contributed by atoms with E-state index in [2.05, 4.69) is 30.5 Å². The first kappa shape index (κ1) is 19.2. The third kappa shape index (κ3) is 4.47. The number of amides is 1. The number of anilines is 2. The molecule has 0 spiro atoms. The molecule has 8 nitrogen and oxygen atoms in total. The van der Waals surface area contributed by atoms with Crippen LogP contribution >= 0.6 is 0 Å². The largest absolute Gasteiger partial charge is 0.422 e. The maximum absolute atomic E-state index is 12.5. The molecule has 0 unspecified atom stereocenters. The molecule has 0 aromatic carbocycles. The molecule has 1 aliphatic heterocycles. The predicted molar refractivity (Wildman–Crippen MR) is 112 cm³/mol. The van der Waals surface area contributed by atoms with E-state index in [0.29, 0.717) is 30.3 Å². The van der Waals surface area contributed by atoms with Crippen LogP contribution in [-0.2, 0) is 4.79 Å². The van der Waals surface area contributed by atoms with Crippen LogP contribution in [0, 0.1) is 19.8 Å². The zero-order valence-electron chi connectivity index (χ0n) is 16.8. The van der Waals surface area contributed by atoms with Gasteiger partial charge in [0.2, 0.25) is 11.6 Å². The number of aromatic nitrogens is 3. The molecule has 0 bridgehead atoms. The fraction of sp³-hybridized carbons (Fsp3) is 0.429. The number of carbonyl (C=O) groups excluding carboxylic acids is 1. The highest BCUT2D eigenvalue weighted by Crippen LogP contribution is 2.26. The van der Waals surface area contributed by atoms with Crippen LogP contribution in [0.4, 0.5) is 11.7 Å². The van der Waals surface area contributed by atoms with Gasteiger partial charge in [-0.25, -0.2) is 4.98 Å². The van der Waals surface area contributed by atoms with E-state index in [1.165, 1.54) is 0 Å². The van der Waals surface area contributed by atoms with Crippen molar-refractivity contribution in [3.63, 3.8) is 0 Å². The van der Waals surface area contributed by atoms with Crippen LogP contribution in [0.15, 0.2) is 35.0 Å². The number of fused-ring (bicyclic) bond motifs is 1. The summed E-state index contributed by atoms with van der Waals surface area (Å²) in [5, 5.41) is 6.37. The monoisotopic (exact) mass is 394 g/mol. The van der Waals surface area contributed by atoms with E-state index in [4.69, 9.17) is 4.42 Å². The molecule has 4 heterocycles. The first-order valence-electron chi connectivity index (χ1n) is 10.0. The van der Waals surface area contributed by atoms with Gasteiger partial charge in [-0.3, -0.25) is 9.78 Å². The minimum Gasteiger partial charge on any atom is -0.422 e. The van der Waals surface area contributed by atoms with Gasteiger partial charge in [-0.2, -0.15) is 4.98 Å². The number of aryl methyl sites for hydroxylation is 2. The van der Waals surface area contributed by atoms with Gasteiger partial charge in [0.1, 0.15) is 0 Å². The Balaban J connectivity index is 1.23. The van der Waals surface area contributed by atoms with Gasteiger partial charge >= 0.3 is 0 Å². The van der Waals surface area contributed by atoms with Crippen molar-refractivity contribution in [2.24, 2.45) is 5.92 Å². The number of hydrogen-bond donors (Lipinski definition) is 2. The van der Waals surface area contributed by atoms with Gasteiger partial charge in [0.05, 0.1) is 0 Å². The van der Waals surface area contributed by atoms with Crippen molar-refractivity contribution >= 4 is 28.8 Å². The molecule has 2 N–H and O–H groups in total. The molecule has 152 valence electrons. The molecule has 0 aliphatic carbocycles. The Labute approximate surface area is 169 Å². The van der Waals surface area contributed by atoms with Gasteiger partial charge in [-0.05, 0) is 50.5 Å². The van der Waals surface area contributed by atoms with E-state index in [0.717, 1.165) is 42.9 Å². The summed E-state index contributed by atoms with van der Waals surface area (Å²) in [6.07, 6.45) is 5.15. The summed E-state index contributed by atoms with van der Waals surface area (Å²) in [7, 11) is 0. The van der Waals surface area contributed by atoms with Crippen molar-refractivity contribution in [3.05, 3.63) is 41.9 Å². The second-order valence-corrected chi connectivity index (χ2v) is 7.44. The van der Waals surface area contributed by atoms with Gasteiger partial charge in [-0.1, -0.05) is 0 Å². The van der Waals surface area contributed by atoms with Crippen LogP contribution in [0.3, 0.4) is 0 Å². The van der Waals surface area contributed by atoms with E-state index in [1.807, 2.05) is 38.2 Å². The van der Waals surface area contributed by atoms with Crippen molar-refractivity contribution in [3.8, 4) is 0 Å². The second-order valence-electron chi connectivity index (χ2n) is 7.44. The number of pyridine rings is 2. The number of nitrogens with zero attached hydrogens (tertiary/aromatic N) is 4. The lowest BCUT2D eigenvalue weighted by atomic mass is 9.96. The molecule has 0 atom stereocenters. The Bertz CT molecular complexity index is 994. The van der Waals surface area contributed by atoms with Crippen LogP contribution in [0.25, 0.3) is 11.2 Å². The maximum Gasteiger partial charge on any atom is 0.299 e. The standard InChI is InChI=1S/C21H26N6O2/c1-14-13-22-8-5-17(14)23-9-10-24-20(28)16-6-11-27(12-7-16)21-26-19-18(29-21)4-3-15(2)25-19/h3-5,8,13,16H,6-7,9-12H2,1-2H3,(H,22,23)(H,24,28). The normalized spacial score (nSPS) is 14.9. The lowest BCUT2D eigenvalue weighted by Gasteiger charge is -2.30. The topological polar surface area (TPSA) is 96.2 Å². The van der Waals surface area contributed by atoms with E-state index in [9.17, 15) is 4.79 Å². The Kier molecular flexibility index (Phi) is 5.59. The highest BCUT2D eigenvalue weighted by atomic mass is 16.4. The summed E-state index contributed by atoms with van der Waals surface area (Å²) in [5.74, 6) is 0.145. The van der Waals surface area contributed by atoms with Gasteiger partial charge in [0.15, 0.2) is 5.58 Å². The maximum atomic E-state index is 12.5. The molecule has 29 heavy (non-hydrogen) atoms. The van der Waals surface area contributed by atoms with E-state index >= 15 is 0 Å². The molecule has 1 fully saturated rings. The predicted octanol–water partition coefficient (Wildman–Crippen LogP) is 2.68. The number of piperidine rings is 1. The summed E-state index contributed by atoms with van der Waals surface area (Å²) in [6.45, 7) is 6.72.